The third-order valence-electron chi connectivity index (χ3n) is 5.33. The van der Waals surface area contributed by atoms with Gasteiger partial charge in [-0.15, -0.1) is 5.47 Å². The Kier molecular flexibility index (Phi) is 3.12. The van der Waals surface area contributed by atoms with Crippen molar-refractivity contribution in [2.45, 2.75) is 72.7 Å². The summed E-state index contributed by atoms with van der Waals surface area (Å²) in [7, 11) is -1.52. The molecule has 2 heterocycles. The van der Waals surface area contributed by atoms with Crippen molar-refractivity contribution in [3.63, 3.8) is 0 Å². The minimum atomic E-state index is -1.52. The van der Waals surface area contributed by atoms with E-state index in [-0.39, 0.29) is 0 Å². The van der Waals surface area contributed by atoms with E-state index in [2.05, 4.69) is 51.7 Å². The van der Waals surface area contributed by atoms with Gasteiger partial charge in [-0.1, -0.05) is 26.6 Å². The topological polar surface area (TPSA) is 11.9 Å². The van der Waals surface area contributed by atoms with Crippen LogP contribution in [-0.4, -0.2) is 27.1 Å². The highest BCUT2D eigenvalue weighted by Crippen LogP contribution is 2.53. The standard InChI is InChI=1S/C13H27BO2Si/c1-8-13-12(5)17(6,7)16-11(4)10(3)15-14(13,16)9-2/h10-11H,8-9H2,1-7H3/t10-,11-,14?/m0/s1. The Bertz CT molecular complexity index is 366. The van der Waals surface area contributed by atoms with Crippen LogP contribution in [0.3, 0.4) is 0 Å². The Balaban J connectivity index is 2.58. The highest BCUT2D eigenvalue weighted by molar-refractivity contribution is 6.97. The van der Waals surface area contributed by atoms with Crippen molar-refractivity contribution in [3.05, 3.63) is 10.7 Å². The van der Waals surface area contributed by atoms with Crippen LogP contribution in [-0.2, 0) is 8.63 Å². The highest BCUT2D eigenvalue weighted by atomic mass is 28.4. The van der Waals surface area contributed by atoms with E-state index >= 15 is 0 Å². The Labute approximate surface area is 107 Å². The monoisotopic (exact) mass is 254 g/mol. The van der Waals surface area contributed by atoms with Gasteiger partial charge < -0.3 is 8.63 Å². The molecule has 0 aliphatic carbocycles. The minimum absolute atomic E-state index is 0.348. The van der Waals surface area contributed by atoms with E-state index in [1.54, 1.807) is 10.7 Å². The third-order valence-corrected chi connectivity index (χ3v) is 9.39. The van der Waals surface area contributed by atoms with Crippen molar-refractivity contribution in [2.24, 2.45) is 0 Å². The zero-order valence-corrected chi connectivity index (χ0v) is 13.5. The van der Waals surface area contributed by atoms with Crippen LogP contribution in [0.4, 0.5) is 0 Å². The first-order valence-electron chi connectivity index (χ1n) is 7.10. The molecule has 2 aliphatic rings. The normalized spacial score (nSPS) is 41.1. The molecule has 98 valence electrons. The molecule has 0 saturated carbocycles. The molecule has 0 bridgehead atoms. The van der Waals surface area contributed by atoms with Crippen LogP contribution >= 0.6 is 0 Å². The maximum atomic E-state index is 6.47. The van der Waals surface area contributed by atoms with Crippen LogP contribution in [0.5, 0.6) is 0 Å². The van der Waals surface area contributed by atoms with Gasteiger partial charge in [0.25, 0.3) is 0 Å². The van der Waals surface area contributed by atoms with Gasteiger partial charge in [-0.2, -0.15) is 0 Å². The molecule has 1 saturated heterocycles. The molecule has 0 aromatic heterocycles. The minimum Gasteiger partial charge on any atom is -0.740 e. The van der Waals surface area contributed by atoms with Crippen LogP contribution in [0.1, 0.15) is 41.0 Å². The van der Waals surface area contributed by atoms with Crippen molar-refractivity contribution in [3.8, 4) is 0 Å². The van der Waals surface area contributed by atoms with Gasteiger partial charge in [0.1, 0.15) is 6.10 Å². The zero-order chi connectivity index (χ0) is 13.0. The van der Waals surface area contributed by atoms with Gasteiger partial charge >= 0.3 is 14.9 Å². The summed E-state index contributed by atoms with van der Waals surface area (Å²) in [6.45, 7) is 15.5. The fourth-order valence-electron chi connectivity index (χ4n) is 4.24. The fourth-order valence-corrected chi connectivity index (χ4v) is 8.20. The lowest BCUT2D eigenvalue weighted by molar-refractivity contribution is 0.0923. The summed E-state index contributed by atoms with van der Waals surface area (Å²) in [5.74, 6) is 0. The molecule has 4 heteroatoms. The van der Waals surface area contributed by atoms with Crippen molar-refractivity contribution in [1.82, 2.24) is 0 Å². The lowest BCUT2D eigenvalue weighted by Gasteiger charge is -2.48. The van der Waals surface area contributed by atoms with E-state index in [4.69, 9.17) is 4.65 Å². The fraction of sp³-hybridized carbons (Fsp3) is 0.846. The van der Waals surface area contributed by atoms with Crippen molar-refractivity contribution in [1.29, 1.82) is 0 Å². The highest BCUT2D eigenvalue weighted by Gasteiger charge is 2.64. The second-order valence-electron chi connectivity index (χ2n) is 6.21. The molecule has 0 radical (unpaired) electrons. The summed E-state index contributed by atoms with van der Waals surface area (Å²) in [5.41, 5.74) is 1.60. The molecular weight excluding hydrogens is 227 g/mol. The molecule has 1 unspecified atom stereocenters. The second-order valence-corrected chi connectivity index (χ2v) is 10.5. The van der Waals surface area contributed by atoms with Crippen molar-refractivity contribution >= 4 is 14.9 Å². The Morgan fingerprint density at radius 1 is 1.29 bits per heavy atom. The SMILES string of the molecule is CCC1=C(C)[Si](C)(C)[O+]2[C@@H](C)[C@H](C)O[B-]12CC. The third kappa shape index (κ3) is 1.47. The quantitative estimate of drug-likeness (QED) is 0.538. The summed E-state index contributed by atoms with van der Waals surface area (Å²) in [6.07, 6.45) is 3.09. The van der Waals surface area contributed by atoms with Crippen LogP contribution in [0.2, 0.25) is 19.4 Å². The molecule has 2 aliphatic heterocycles. The lowest BCUT2D eigenvalue weighted by atomic mass is 9.48. The molecule has 2 rings (SSSR count). The Morgan fingerprint density at radius 2 is 1.88 bits per heavy atom. The number of hydrogen-bond donors (Lipinski definition) is 0. The Morgan fingerprint density at radius 3 is 2.35 bits per heavy atom. The molecule has 0 spiro atoms. The van der Waals surface area contributed by atoms with Crippen LogP contribution in [0.15, 0.2) is 10.7 Å². The largest absolute Gasteiger partial charge is 0.740 e. The van der Waals surface area contributed by atoms with E-state index in [0.29, 0.717) is 12.2 Å². The van der Waals surface area contributed by atoms with Gasteiger partial charge in [-0.05, 0) is 19.0 Å². The molecule has 0 aromatic carbocycles. The van der Waals surface area contributed by atoms with Gasteiger partial charge in [0.2, 0.25) is 0 Å². The zero-order valence-electron chi connectivity index (χ0n) is 12.5. The van der Waals surface area contributed by atoms with Gasteiger partial charge in [0.05, 0.1) is 6.10 Å². The number of allylic oxidation sites excluding steroid dienone is 2. The first kappa shape index (κ1) is 13.4. The van der Waals surface area contributed by atoms with E-state index < -0.39 is 14.9 Å². The molecule has 0 aromatic rings. The lowest BCUT2D eigenvalue weighted by Crippen LogP contribution is -2.53. The molecule has 3 atom stereocenters. The molecule has 2 nitrogen and oxygen atoms in total. The molecule has 0 amide bonds. The predicted octanol–water partition coefficient (Wildman–Crippen LogP) is 3.83. The maximum absolute atomic E-state index is 6.47. The first-order chi connectivity index (χ1) is 7.82. The summed E-state index contributed by atoms with van der Waals surface area (Å²) in [4.78, 5) is 0. The van der Waals surface area contributed by atoms with Crippen LogP contribution in [0.25, 0.3) is 0 Å². The van der Waals surface area contributed by atoms with Gasteiger partial charge in [-0.25, -0.2) is 0 Å². The first-order valence-corrected chi connectivity index (χ1v) is 10.0. The van der Waals surface area contributed by atoms with Crippen LogP contribution in [0, 0.1) is 0 Å². The second kappa shape index (κ2) is 3.97. The van der Waals surface area contributed by atoms with E-state index in [1.165, 1.54) is 0 Å². The van der Waals surface area contributed by atoms with Crippen LogP contribution < -0.4 is 0 Å². The van der Waals surface area contributed by atoms with E-state index in [0.717, 1.165) is 12.7 Å². The summed E-state index contributed by atoms with van der Waals surface area (Å²) >= 11 is 0. The van der Waals surface area contributed by atoms with Gasteiger partial charge in [-0.3, -0.25) is 0 Å². The number of hydrogen-bond acceptors (Lipinski definition) is 1. The summed E-state index contributed by atoms with van der Waals surface area (Å²) < 4.78 is 10.3. The summed E-state index contributed by atoms with van der Waals surface area (Å²) in [5, 5.41) is 1.64. The summed E-state index contributed by atoms with van der Waals surface area (Å²) in [6, 6.07) is 0. The molecular formula is C13H27BO2Si. The average molecular weight is 254 g/mol. The molecule has 17 heavy (non-hydrogen) atoms. The average Bonchev–Trinajstić information content (AvgIpc) is 2.61. The number of fused-ring (bicyclic) bond motifs is 1. The maximum Gasteiger partial charge on any atom is 0.428 e. The van der Waals surface area contributed by atoms with Crippen molar-refractivity contribution < 1.29 is 8.63 Å². The number of rotatable bonds is 2. The molecule has 0 N–H and O–H groups in total. The molecule has 1 fully saturated rings. The van der Waals surface area contributed by atoms with E-state index in [1.807, 2.05) is 0 Å². The van der Waals surface area contributed by atoms with Gasteiger partial charge in [0, 0.05) is 20.0 Å². The van der Waals surface area contributed by atoms with Gasteiger partial charge in [0.15, 0.2) is 0 Å². The van der Waals surface area contributed by atoms with Crippen molar-refractivity contribution in [2.75, 3.05) is 0 Å². The predicted molar refractivity (Wildman–Crippen MR) is 77.8 cm³/mol. The Hall–Kier alpha value is -0.0582. The smallest absolute Gasteiger partial charge is 0.428 e. The van der Waals surface area contributed by atoms with E-state index in [9.17, 15) is 0 Å².